The Bertz CT molecular complexity index is 1830. The van der Waals surface area contributed by atoms with E-state index < -0.39 is 9.84 Å². The molecule has 0 radical (unpaired) electrons. The largest absolute Gasteiger partial charge is 0.384 e. The van der Waals surface area contributed by atoms with Crippen LogP contribution in [0.4, 0.5) is 11.4 Å². The average molecular weight is 638 g/mol. The maximum absolute atomic E-state index is 13.0. The number of benzene rings is 2. The molecule has 44 heavy (non-hydrogen) atoms. The lowest BCUT2D eigenvalue weighted by Gasteiger charge is -2.37. The van der Waals surface area contributed by atoms with Gasteiger partial charge < -0.3 is 25.1 Å². The molecule has 2 aromatic heterocycles. The fourth-order valence-electron chi connectivity index (χ4n) is 5.88. The number of carbonyl (C=O) groups excluding carboxylic acids is 1. The number of sulfone groups is 1. The molecular weight excluding hydrogens is 602 g/mol. The third-order valence-electron chi connectivity index (χ3n) is 8.37. The molecule has 4 aromatic rings. The van der Waals surface area contributed by atoms with Crippen LogP contribution < -0.4 is 15.8 Å². The Balaban J connectivity index is 1.13. The van der Waals surface area contributed by atoms with Gasteiger partial charge in [-0.3, -0.25) is 14.5 Å². The van der Waals surface area contributed by atoms with Gasteiger partial charge in [-0.05, 0) is 54.8 Å². The molecule has 0 unspecified atom stereocenters. The molecule has 0 bridgehead atoms. The molecule has 232 valence electrons. The van der Waals surface area contributed by atoms with Crippen LogP contribution in [-0.2, 0) is 21.1 Å². The number of anilines is 2. The normalized spacial score (nSPS) is 17.2. The van der Waals surface area contributed by atoms with Crippen LogP contribution in [-0.4, -0.2) is 103 Å². The summed E-state index contributed by atoms with van der Waals surface area (Å²) >= 11 is 6.12. The predicted molar refractivity (Wildman–Crippen MR) is 174 cm³/mol. The van der Waals surface area contributed by atoms with Gasteiger partial charge in [0.1, 0.15) is 11.4 Å². The van der Waals surface area contributed by atoms with E-state index in [1.54, 1.807) is 6.20 Å². The molecule has 2 fully saturated rings. The van der Waals surface area contributed by atoms with Crippen LogP contribution in [0.25, 0.3) is 22.4 Å². The van der Waals surface area contributed by atoms with Crippen molar-refractivity contribution in [2.45, 2.75) is 13.3 Å². The molecule has 0 aliphatic carbocycles. The van der Waals surface area contributed by atoms with Gasteiger partial charge in [-0.2, -0.15) is 0 Å². The lowest BCUT2D eigenvalue weighted by molar-refractivity contribution is -0.132. The lowest BCUT2D eigenvalue weighted by Crippen LogP contribution is -2.52. The van der Waals surface area contributed by atoms with E-state index in [4.69, 9.17) is 16.6 Å². The number of imidazole rings is 1. The molecule has 1 amide bonds. The summed E-state index contributed by atoms with van der Waals surface area (Å²) in [5.41, 5.74) is 5.67. The first kappa shape index (κ1) is 30.2. The second-order valence-corrected chi connectivity index (χ2v) is 14.2. The molecular formula is C31H36ClN7O4S. The van der Waals surface area contributed by atoms with Gasteiger partial charge >= 0.3 is 0 Å². The number of aryl methyl sites for hydroxylation is 1. The van der Waals surface area contributed by atoms with Gasteiger partial charge in [0, 0.05) is 62.7 Å². The van der Waals surface area contributed by atoms with E-state index in [-0.39, 0.29) is 29.5 Å². The number of rotatable bonds is 8. The summed E-state index contributed by atoms with van der Waals surface area (Å²) in [5.74, 6) is 0.768. The third-order valence-corrected chi connectivity index (χ3v) is 10.2. The third kappa shape index (κ3) is 6.77. The number of H-pyrrole nitrogens is 2. The van der Waals surface area contributed by atoms with Crippen LogP contribution in [0.5, 0.6) is 0 Å². The zero-order valence-corrected chi connectivity index (χ0v) is 26.2. The van der Waals surface area contributed by atoms with Gasteiger partial charge in [0.05, 0.1) is 34.8 Å². The van der Waals surface area contributed by atoms with E-state index in [0.717, 1.165) is 34.3 Å². The zero-order valence-electron chi connectivity index (χ0n) is 24.6. The molecule has 0 spiro atoms. The van der Waals surface area contributed by atoms with E-state index in [0.29, 0.717) is 67.9 Å². The second-order valence-electron chi connectivity index (χ2n) is 11.4. The maximum Gasteiger partial charge on any atom is 0.261 e. The Morgan fingerprint density at radius 2 is 1.82 bits per heavy atom. The fourth-order valence-corrected chi connectivity index (χ4v) is 7.37. The Labute approximate surface area is 261 Å². The van der Waals surface area contributed by atoms with Gasteiger partial charge in [0.25, 0.3) is 5.56 Å². The van der Waals surface area contributed by atoms with Crippen molar-refractivity contribution in [3.63, 3.8) is 0 Å². The van der Waals surface area contributed by atoms with Crippen molar-refractivity contribution in [3.05, 3.63) is 75.2 Å². The van der Waals surface area contributed by atoms with Crippen LogP contribution in [0.1, 0.15) is 11.1 Å². The van der Waals surface area contributed by atoms with E-state index >= 15 is 0 Å². The van der Waals surface area contributed by atoms with Crippen molar-refractivity contribution in [1.29, 1.82) is 0 Å². The number of aromatic amines is 2. The van der Waals surface area contributed by atoms with Crippen LogP contribution in [0.2, 0.25) is 5.02 Å². The highest BCUT2D eigenvalue weighted by molar-refractivity contribution is 7.91. The highest BCUT2D eigenvalue weighted by atomic mass is 35.5. The van der Waals surface area contributed by atoms with Gasteiger partial charge in [0.2, 0.25) is 5.91 Å². The number of halogens is 1. The summed E-state index contributed by atoms with van der Waals surface area (Å²) in [6.07, 6.45) is 2.37. The molecule has 0 saturated carbocycles. The predicted octanol–water partition coefficient (Wildman–Crippen LogP) is 2.91. The molecule has 2 aromatic carbocycles. The fraction of sp³-hybridized carbons (Fsp3) is 0.387. The molecule has 2 aliphatic heterocycles. The average Bonchev–Trinajstić information content (AvgIpc) is 3.43. The van der Waals surface area contributed by atoms with Gasteiger partial charge in [0.15, 0.2) is 9.84 Å². The number of pyridine rings is 1. The van der Waals surface area contributed by atoms with E-state index in [1.807, 2.05) is 53.1 Å². The molecule has 0 atom stereocenters. The first-order valence-electron chi connectivity index (χ1n) is 14.8. The zero-order chi connectivity index (χ0) is 30.8. The summed E-state index contributed by atoms with van der Waals surface area (Å²) in [7, 11) is -2.97. The topological polar surface area (TPSA) is 134 Å². The number of amides is 1. The Hall–Kier alpha value is -3.87. The first-order chi connectivity index (χ1) is 21.1. The number of hydrogen-bond donors (Lipinski definition) is 3. The molecule has 6 rings (SSSR count). The van der Waals surface area contributed by atoms with E-state index in [1.165, 1.54) is 0 Å². The standard InChI is InChI=1S/C31H36ClN7O4S/c1-21-17-24(38-9-11-39(12-10-38)27(40)20-37-13-15-44(42,43)16-14-37)19-26-29(21)36-30(35-26)28-25(6-8-34-31(28)41)33-7-5-22-3-2-4-23(32)18-22/h2-4,6,8,17-19H,5,7,9-16,20H2,1H3,(H,35,36)(H2,33,34,41). The smallest absolute Gasteiger partial charge is 0.261 e. The highest BCUT2D eigenvalue weighted by Crippen LogP contribution is 2.29. The van der Waals surface area contributed by atoms with Crippen molar-refractivity contribution < 1.29 is 13.2 Å². The maximum atomic E-state index is 13.0. The second kappa shape index (κ2) is 12.6. The molecule has 3 N–H and O–H groups in total. The first-order valence-corrected chi connectivity index (χ1v) is 17.0. The Kier molecular flexibility index (Phi) is 8.66. The summed E-state index contributed by atoms with van der Waals surface area (Å²) in [6, 6.07) is 13.7. The van der Waals surface area contributed by atoms with Crippen molar-refractivity contribution in [2.24, 2.45) is 0 Å². The summed E-state index contributed by atoms with van der Waals surface area (Å²) in [5, 5.41) is 4.09. The summed E-state index contributed by atoms with van der Waals surface area (Å²) in [4.78, 5) is 42.9. The monoisotopic (exact) mass is 637 g/mol. The molecule has 4 heterocycles. The minimum absolute atomic E-state index is 0.0406. The van der Waals surface area contributed by atoms with Crippen molar-refractivity contribution in [2.75, 3.05) is 74.1 Å². The number of piperazine rings is 1. The van der Waals surface area contributed by atoms with Gasteiger partial charge in [-0.25, -0.2) is 13.4 Å². The van der Waals surface area contributed by atoms with E-state index in [9.17, 15) is 18.0 Å². The number of hydrogen-bond acceptors (Lipinski definition) is 8. The number of nitrogens with one attached hydrogen (secondary N) is 3. The van der Waals surface area contributed by atoms with Crippen molar-refractivity contribution >= 4 is 49.8 Å². The Morgan fingerprint density at radius 1 is 1.05 bits per heavy atom. The molecule has 11 nitrogen and oxygen atoms in total. The molecule has 13 heteroatoms. The van der Waals surface area contributed by atoms with Crippen molar-refractivity contribution in [1.82, 2.24) is 24.8 Å². The Morgan fingerprint density at radius 3 is 2.57 bits per heavy atom. The lowest BCUT2D eigenvalue weighted by atomic mass is 10.1. The summed E-state index contributed by atoms with van der Waals surface area (Å²) < 4.78 is 23.4. The summed E-state index contributed by atoms with van der Waals surface area (Å²) in [6.45, 7) is 6.27. The van der Waals surface area contributed by atoms with Crippen LogP contribution in [0.3, 0.4) is 0 Å². The van der Waals surface area contributed by atoms with E-state index in [2.05, 4.69) is 26.3 Å². The van der Waals surface area contributed by atoms with Crippen LogP contribution in [0.15, 0.2) is 53.5 Å². The minimum Gasteiger partial charge on any atom is -0.384 e. The molecule has 2 saturated heterocycles. The molecule has 2 aliphatic rings. The quantitative estimate of drug-likeness (QED) is 0.269. The highest BCUT2D eigenvalue weighted by Gasteiger charge is 2.27. The number of carbonyl (C=O) groups is 1. The van der Waals surface area contributed by atoms with Crippen molar-refractivity contribution in [3.8, 4) is 11.4 Å². The van der Waals surface area contributed by atoms with Gasteiger partial charge in [-0.15, -0.1) is 0 Å². The van der Waals surface area contributed by atoms with Crippen LogP contribution in [0, 0.1) is 6.92 Å². The SMILES string of the molecule is Cc1cc(N2CCN(C(=O)CN3CCS(=O)(=O)CC3)CC2)cc2[nH]c(-c3c(NCCc4cccc(Cl)c4)cc[nH]c3=O)nc12. The number of aromatic nitrogens is 3. The number of nitrogens with zero attached hydrogens (tertiary/aromatic N) is 4. The minimum atomic E-state index is -2.97. The van der Waals surface area contributed by atoms with Gasteiger partial charge in [-0.1, -0.05) is 23.7 Å². The van der Waals surface area contributed by atoms with Crippen LogP contribution >= 0.6 is 11.6 Å². The number of fused-ring (bicyclic) bond motifs is 1.